The van der Waals surface area contributed by atoms with Crippen LogP contribution in [0.3, 0.4) is 0 Å². The van der Waals surface area contributed by atoms with E-state index in [1.165, 1.54) is 0 Å². The third kappa shape index (κ3) is 2.17. The fraction of sp³-hybridized carbons (Fsp3) is 0.214. The molecule has 0 radical (unpaired) electrons. The number of aromatic amines is 1. The van der Waals surface area contributed by atoms with Crippen molar-refractivity contribution in [3.05, 3.63) is 29.7 Å². The van der Waals surface area contributed by atoms with Gasteiger partial charge in [0.1, 0.15) is 17.5 Å². The number of hydrogen-bond acceptors (Lipinski definition) is 5. The molecule has 0 unspecified atom stereocenters. The summed E-state index contributed by atoms with van der Waals surface area (Å²) in [5.41, 5.74) is 3.89. The summed E-state index contributed by atoms with van der Waals surface area (Å²) in [5.74, 6) is 0.689. The Kier molecular flexibility index (Phi) is 2.99. The zero-order chi connectivity index (χ0) is 15.0. The molecule has 0 saturated heterocycles. The zero-order valence-corrected chi connectivity index (χ0v) is 12.0. The highest BCUT2D eigenvalue weighted by atomic mass is 15.3. The molecule has 106 valence electrons. The number of fused-ring (bicyclic) bond motifs is 1. The molecule has 21 heavy (non-hydrogen) atoms. The lowest BCUT2D eigenvalue weighted by molar-refractivity contribution is 0.756. The Morgan fingerprint density at radius 3 is 2.81 bits per heavy atom. The van der Waals surface area contributed by atoms with Crippen molar-refractivity contribution in [3.8, 4) is 6.07 Å². The van der Waals surface area contributed by atoms with Crippen molar-refractivity contribution in [1.29, 1.82) is 5.26 Å². The van der Waals surface area contributed by atoms with Crippen LogP contribution in [0.5, 0.6) is 0 Å². The minimum atomic E-state index is 0.575. The fourth-order valence-corrected chi connectivity index (χ4v) is 2.34. The molecule has 0 bridgehead atoms. The predicted molar refractivity (Wildman–Crippen MR) is 81.6 cm³/mol. The van der Waals surface area contributed by atoms with Crippen LogP contribution in [0, 0.1) is 18.3 Å². The Bertz CT molecular complexity index is 850. The van der Waals surface area contributed by atoms with Gasteiger partial charge in [-0.1, -0.05) is 0 Å². The second-order valence-electron chi connectivity index (χ2n) is 4.77. The van der Waals surface area contributed by atoms with Gasteiger partial charge in [0.25, 0.3) is 0 Å². The molecule has 0 aliphatic heterocycles. The Labute approximate surface area is 121 Å². The Morgan fingerprint density at radius 1 is 1.38 bits per heavy atom. The van der Waals surface area contributed by atoms with Crippen LogP contribution in [-0.4, -0.2) is 26.8 Å². The lowest BCUT2D eigenvalue weighted by atomic mass is 10.2. The maximum Gasteiger partial charge on any atom is 0.143 e. The van der Waals surface area contributed by atoms with Gasteiger partial charge >= 0.3 is 0 Å². The van der Waals surface area contributed by atoms with E-state index in [-0.39, 0.29) is 0 Å². The van der Waals surface area contributed by atoms with Crippen LogP contribution < -0.4 is 10.6 Å². The highest BCUT2D eigenvalue weighted by molar-refractivity contribution is 5.96. The monoisotopic (exact) mass is 281 g/mol. The molecular formula is C14H15N7. The number of nitrogens with one attached hydrogen (secondary N) is 3. The second kappa shape index (κ2) is 4.83. The summed E-state index contributed by atoms with van der Waals surface area (Å²) >= 11 is 0. The maximum absolute atomic E-state index is 9.14. The van der Waals surface area contributed by atoms with Crippen LogP contribution in [0.15, 0.2) is 18.5 Å². The van der Waals surface area contributed by atoms with Gasteiger partial charge in [-0.05, 0) is 6.92 Å². The number of aryl methyl sites for hydroxylation is 2. The number of aromatic nitrogens is 4. The molecule has 3 heterocycles. The van der Waals surface area contributed by atoms with Gasteiger partial charge in [0, 0.05) is 38.2 Å². The predicted octanol–water partition coefficient (Wildman–Crippen LogP) is 2.26. The molecule has 0 spiro atoms. The third-order valence-electron chi connectivity index (χ3n) is 3.31. The van der Waals surface area contributed by atoms with Crippen LogP contribution in [-0.2, 0) is 7.05 Å². The first-order valence-electron chi connectivity index (χ1n) is 6.49. The molecule has 0 aliphatic carbocycles. The van der Waals surface area contributed by atoms with Gasteiger partial charge in [0.15, 0.2) is 0 Å². The van der Waals surface area contributed by atoms with Crippen molar-refractivity contribution in [2.75, 3.05) is 17.7 Å². The highest BCUT2D eigenvalue weighted by Gasteiger charge is 2.12. The number of anilines is 3. The number of hydrogen-bond donors (Lipinski definition) is 3. The van der Waals surface area contributed by atoms with E-state index in [1.807, 2.05) is 33.3 Å². The molecular weight excluding hydrogens is 266 g/mol. The molecule has 7 heteroatoms. The van der Waals surface area contributed by atoms with Crippen molar-refractivity contribution in [2.45, 2.75) is 6.92 Å². The van der Waals surface area contributed by atoms with E-state index in [4.69, 9.17) is 5.26 Å². The smallest absolute Gasteiger partial charge is 0.143 e. The summed E-state index contributed by atoms with van der Waals surface area (Å²) in [5, 5.41) is 20.6. The summed E-state index contributed by atoms with van der Waals surface area (Å²) in [7, 11) is 3.69. The van der Waals surface area contributed by atoms with Gasteiger partial charge in [0.05, 0.1) is 22.3 Å². The van der Waals surface area contributed by atoms with E-state index < -0.39 is 0 Å². The SMILES string of the molecule is CNc1cc(Nc2cn(C)nc2C)nc2[nH]cc(C#N)c12. The molecule has 0 amide bonds. The van der Waals surface area contributed by atoms with Crippen molar-refractivity contribution in [3.63, 3.8) is 0 Å². The van der Waals surface area contributed by atoms with E-state index >= 15 is 0 Å². The van der Waals surface area contributed by atoms with Crippen LogP contribution in [0.1, 0.15) is 11.3 Å². The van der Waals surface area contributed by atoms with Crippen LogP contribution in [0.4, 0.5) is 17.2 Å². The van der Waals surface area contributed by atoms with E-state index in [1.54, 1.807) is 10.9 Å². The van der Waals surface area contributed by atoms with Crippen molar-refractivity contribution < 1.29 is 0 Å². The molecule has 3 N–H and O–H groups in total. The average molecular weight is 281 g/mol. The molecule has 0 aromatic carbocycles. The Hall–Kier alpha value is -3.01. The number of rotatable bonds is 3. The van der Waals surface area contributed by atoms with Gasteiger partial charge in [0.2, 0.25) is 0 Å². The van der Waals surface area contributed by atoms with Gasteiger partial charge < -0.3 is 15.6 Å². The molecule has 3 aromatic rings. The molecule has 0 aliphatic rings. The second-order valence-corrected chi connectivity index (χ2v) is 4.77. The lowest BCUT2D eigenvalue weighted by Crippen LogP contribution is -1.98. The molecule has 7 nitrogen and oxygen atoms in total. The lowest BCUT2D eigenvalue weighted by Gasteiger charge is -2.08. The first-order valence-corrected chi connectivity index (χ1v) is 6.49. The normalized spacial score (nSPS) is 10.6. The third-order valence-corrected chi connectivity index (χ3v) is 3.31. The maximum atomic E-state index is 9.14. The zero-order valence-electron chi connectivity index (χ0n) is 12.0. The summed E-state index contributed by atoms with van der Waals surface area (Å²) in [6, 6.07) is 4.04. The standard InChI is InChI=1S/C14H15N7/c1-8-11(7-21(3)20-8)18-12-4-10(16-2)13-9(5-15)6-17-14(13)19-12/h4,6-7H,1-3H3,(H3,16,17,18,19). The molecule has 0 saturated carbocycles. The van der Waals surface area contributed by atoms with E-state index in [2.05, 4.69) is 31.8 Å². The van der Waals surface area contributed by atoms with E-state index in [9.17, 15) is 0 Å². The molecule has 0 atom stereocenters. The largest absolute Gasteiger partial charge is 0.387 e. The molecule has 3 rings (SSSR count). The van der Waals surface area contributed by atoms with Gasteiger partial charge in [-0.2, -0.15) is 10.4 Å². The average Bonchev–Trinajstić information content (AvgIpc) is 3.01. The number of H-pyrrole nitrogens is 1. The molecule has 0 fully saturated rings. The minimum absolute atomic E-state index is 0.575. The highest BCUT2D eigenvalue weighted by Crippen LogP contribution is 2.29. The fourth-order valence-electron chi connectivity index (χ4n) is 2.34. The number of nitriles is 1. The van der Waals surface area contributed by atoms with Crippen molar-refractivity contribution in [2.24, 2.45) is 7.05 Å². The van der Waals surface area contributed by atoms with Gasteiger partial charge in [-0.25, -0.2) is 4.98 Å². The number of pyridine rings is 1. The quantitative estimate of drug-likeness (QED) is 0.684. The van der Waals surface area contributed by atoms with Crippen LogP contribution in [0.2, 0.25) is 0 Å². The van der Waals surface area contributed by atoms with Crippen molar-refractivity contribution in [1.82, 2.24) is 19.7 Å². The Morgan fingerprint density at radius 2 is 2.19 bits per heavy atom. The van der Waals surface area contributed by atoms with Gasteiger partial charge in [-0.3, -0.25) is 4.68 Å². The van der Waals surface area contributed by atoms with E-state index in [0.717, 1.165) is 22.5 Å². The van der Waals surface area contributed by atoms with Crippen LogP contribution >= 0.6 is 0 Å². The first kappa shape index (κ1) is 13.0. The molecule has 3 aromatic heterocycles. The first-order chi connectivity index (χ1) is 10.1. The summed E-state index contributed by atoms with van der Waals surface area (Å²) in [6.07, 6.45) is 3.56. The van der Waals surface area contributed by atoms with Gasteiger partial charge in [-0.15, -0.1) is 0 Å². The van der Waals surface area contributed by atoms with E-state index in [0.29, 0.717) is 17.0 Å². The topological polar surface area (TPSA) is 94.3 Å². The summed E-state index contributed by atoms with van der Waals surface area (Å²) < 4.78 is 1.75. The number of nitrogens with zero attached hydrogens (tertiary/aromatic N) is 4. The summed E-state index contributed by atoms with van der Waals surface area (Å²) in [6.45, 7) is 1.93. The van der Waals surface area contributed by atoms with Crippen molar-refractivity contribution >= 4 is 28.2 Å². The minimum Gasteiger partial charge on any atom is -0.387 e. The van der Waals surface area contributed by atoms with Crippen LogP contribution in [0.25, 0.3) is 11.0 Å². The Balaban J connectivity index is 2.08. The summed E-state index contributed by atoms with van der Waals surface area (Å²) in [4.78, 5) is 7.53.